The molecule has 1 aromatic heterocycles. The maximum absolute atomic E-state index is 13.1. The molecule has 2 aromatic rings. The number of furan rings is 1. The van der Waals surface area contributed by atoms with Crippen LogP contribution in [0.1, 0.15) is 16.1 Å². The fourth-order valence-electron chi connectivity index (χ4n) is 4.44. The number of carbonyl (C=O) groups excluding carboxylic acids is 1. The van der Waals surface area contributed by atoms with Crippen molar-refractivity contribution in [1.29, 1.82) is 0 Å². The molecular formula is C22H26F3N3O5. The van der Waals surface area contributed by atoms with Crippen molar-refractivity contribution >= 4 is 11.6 Å². The van der Waals surface area contributed by atoms with E-state index in [-0.39, 0.29) is 18.9 Å². The minimum Gasteiger partial charge on any atom is -0.459 e. The summed E-state index contributed by atoms with van der Waals surface area (Å²) >= 11 is 0. The molecule has 4 atom stereocenters. The van der Waals surface area contributed by atoms with Gasteiger partial charge in [-0.15, -0.1) is 0 Å². The summed E-state index contributed by atoms with van der Waals surface area (Å²) in [5.41, 5.74) is -0.205. The molecule has 11 heteroatoms. The van der Waals surface area contributed by atoms with Crippen LogP contribution in [-0.2, 0) is 10.9 Å². The summed E-state index contributed by atoms with van der Waals surface area (Å²) in [7, 11) is 0. The van der Waals surface area contributed by atoms with E-state index < -0.39 is 42.0 Å². The number of piperazine rings is 1. The van der Waals surface area contributed by atoms with Gasteiger partial charge in [0.2, 0.25) is 0 Å². The van der Waals surface area contributed by atoms with E-state index >= 15 is 0 Å². The van der Waals surface area contributed by atoms with Gasteiger partial charge in [0.05, 0.1) is 30.6 Å². The molecule has 1 aromatic carbocycles. The predicted octanol–water partition coefficient (Wildman–Crippen LogP) is 1.34. The lowest BCUT2D eigenvalue weighted by atomic mass is 10.0. The third-order valence-corrected chi connectivity index (χ3v) is 6.12. The van der Waals surface area contributed by atoms with Crippen molar-refractivity contribution in [1.82, 2.24) is 10.2 Å². The summed E-state index contributed by atoms with van der Waals surface area (Å²) in [6, 6.07) is 7.86. The third-order valence-electron chi connectivity index (χ3n) is 6.12. The molecule has 0 aliphatic carbocycles. The number of nitrogens with zero attached hydrogens (tertiary/aromatic N) is 2. The second kappa shape index (κ2) is 9.72. The lowest BCUT2D eigenvalue weighted by Crippen LogP contribution is -2.57. The SMILES string of the molecule is O=C(NC[C@H]1O[C@@H](CO)[C@@H](O)[C@@H]1N1CCN(c2cccc(C(F)(F)F)c2)CC1)c1ccco1. The largest absolute Gasteiger partial charge is 0.459 e. The van der Waals surface area contributed by atoms with Crippen molar-refractivity contribution in [3.8, 4) is 0 Å². The number of hydrogen-bond donors (Lipinski definition) is 3. The molecule has 3 N–H and O–H groups in total. The number of amides is 1. The van der Waals surface area contributed by atoms with Gasteiger partial charge in [-0.25, -0.2) is 0 Å². The highest BCUT2D eigenvalue weighted by molar-refractivity contribution is 5.91. The molecule has 0 unspecified atom stereocenters. The number of aliphatic hydroxyl groups is 2. The Morgan fingerprint density at radius 1 is 1.12 bits per heavy atom. The Kier molecular flexibility index (Phi) is 6.94. The number of alkyl halides is 3. The third kappa shape index (κ3) is 5.16. The smallest absolute Gasteiger partial charge is 0.416 e. The van der Waals surface area contributed by atoms with Gasteiger partial charge < -0.3 is 29.6 Å². The normalized spacial score (nSPS) is 26.5. The van der Waals surface area contributed by atoms with Crippen molar-refractivity contribution in [2.24, 2.45) is 0 Å². The zero-order chi connectivity index (χ0) is 23.6. The average Bonchev–Trinajstić information content (AvgIpc) is 3.45. The predicted molar refractivity (Wildman–Crippen MR) is 112 cm³/mol. The molecule has 0 spiro atoms. The van der Waals surface area contributed by atoms with Crippen LogP contribution in [-0.4, -0.2) is 84.7 Å². The molecule has 8 nitrogen and oxygen atoms in total. The summed E-state index contributed by atoms with van der Waals surface area (Å²) < 4.78 is 50.0. The van der Waals surface area contributed by atoms with E-state index in [1.165, 1.54) is 18.4 Å². The highest BCUT2D eigenvalue weighted by Crippen LogP contribution is 2.32. The Labute approximate surface area is 188 Å². The fraction of sp³-hybridized carbons (Fsp3) is 0.500. The van der Waals surface area contributed by atoms with Crippen LogP contribution in [0.2, 0.25) is 0 Å². The molecular weight excluding hydrogens is 443 g/mol. The highest BCUT2D eigenvalue weighted by Gasteiger charge is 2.47. The quantitative estimate of drug-likeness (QED) is 0.588. The van der Waals surface area contributed by atoms with Crippen LogP contribution in [0.3, 0.4) is 0 Å². The minimum atomic E-state index is -4.41. The Hall–Kier alpha value is -2.60. The molecule has 4 rings (SSSR count). The Morgan fingerprint density at radius 2 is 1.88 bits per heavy atom. The second-order valence-electron chi connectivity index (χ2n) is 8.14. The number of aliphatic hydroxyl groups excluding tert-OH is 2. The number of hydrogen-bond acceptors (Lipinski definition) is 7. The maximum Gasteiger partial charge on any atom is 0.416 e. The number of rotatable bonds is 6. The molecule has 33 heavy (non-hydrogen) atoms. The lowest BCUT2D eigenvalue weighted by Gasteiger charge is -2.41. The number of ether oxygens (including phenoxy) is 1. The van der Waals surface area contributed by atoms with E-state index in [1.807, 2.05) is 9.80 Å². The van der Waals surface area contributed by atoms with E-state index in [9.17, 15) is 28.2 Å². The standard InChI is InChI=1S/C22H26F3N3O5/c23-22(24,25)14-3-1-4-15(11-14)27-6-8-28(9-7-27)19-17(33-18(13-29)20(19)30)12-26-21(31)16-5-2-10-32-16/h1-5,10-11,17-20,29-30H,6-9,12-13H2,(H,26,31)/t17-,18+,19-,20-/m1/s1. The molecule has 2 aliphatic rings. The van der Waals surface area contributed by atoms with E-state index in [0.29, 0.717) is 31.9 Å². The van der Waals surface area contributed by atoms with Crippen LogP contribution in [0.15, 0.2) is 47.1 Å². The van der Waals surface area contributed by atoms with Crippen LogP contribution in [0.5, 0.6) is 0 Å². The molecule has 3 heterocycles. The Bertz CT molecular complexity index is 932. The zero-order valence-electron chi connectivity index (χ0n) is 17.7. The molecule has 2 saturated heterocycles. The zero-order valence-corrected chi connectivity index (χ0v) is 17.7. The van der Waals surface area contributed by atoms with E-state index in [0.717, 1.165) is 12.1 Å². The van der Waals surface area contributed by atoms with Gasteiger partial charge in [-0.05, 0) is 30.3 Å². The van der Waals surface area contributed by atoms with Crippen molar-refractivity contribution in [2.45, 2.75) is 30.5 Å². The maximum atomic E-state index is 13.1. The highest BCUT2D eigenvalue weighted by atomic mass is 19.4. The van der Waals surface area contributed by atoms with Crippen LogP contribution < -0.4 is 10.2 Å². The van der Waals surface area contributed by atoms with Crippen molar-refractivity contribution in [3.63, 3.8) is 0 Å². The average molecular weight is 469 g/mol. The van der Waals surface area contributed by atoms with E-state index in [1.54, 1.807) is 12.1 Å². The first kappa shape index (κ1) is 23.6. The van der Waals surface area contributed by atoms with Gasteiger partial charge in [0.25, 0.3) is 5.91 Å². The molecule has 180 valence electrons. The summed E-state index contributed by atoms with van der Waals surface area (Å²) in [6.45, 7) is 1.60. The Morgan fingerprint density at radius 3 is 2.52 bits per heavy atom. The van der Waals surface area contributed by atoms with Gasteiger partial charge in [-0.1, -0.05) is 6.07 Å². The van der Waals surface area contributed by atoms with Crippen LogP contribution in [0, 0.1) is 0 Å². The number of benzene rings is 1. The van der Waals surface area contributed by atoms with Gasteiger partial charge in [-0.3, -0.25) is 9.69 Å². The summed E-state index contributed by atoms with van der Waals surface area (Å²) in [4.78, 5) is 16.1. The summed E-state index contributed by atoms with van der Waals surface area (Å²) in [5.74, 6) is -0.267. The molecule has 0 saturated carbocycles. The molecule has 2 fully saturated rings. The fourth-order valence-corrected chi connectivity index (χ4v) is 4.44. The van der Waals surface area contributed by atoms with Crippen LogP contribution >= 0.6 is 0 Å². The van der Waals surface area contributed by atoms with E-state index in [4.69, 9.17) is 9.15 Å². The number of anilines is 1. The molecule has 0 radical (unpaired) electrons. The first-order valence-corrected chi connectivity index (χ1v) is 10.7. The molecule has 2 aliphatic heterocycles. The lowest BCUT2D eigenvalue weighted by molar-refractivity contribution is -0.137. The Balaban J connectivity index is 1.40. The van der Waals surface area contributed by atoms with E-state index in [2.05, 4.69) is 5.32 Å². The first-order valence-electron chi connectivity index (χ1n) is 10.7. The number of halogens is 3. The monoisotopic (exact) mass is 469 g/mol. The first-order chi connectivity index (χ1) is 15.8. The second-order valence-corrected chi connectivity index (χ2v) is 8.14. The number of carbonyl (C=O) groups is 1. The minimum absolute atomic E-state index is 0.103. The topological polar surface area (TPSA) is 98.4 Å². The van der Waals surface area contributed by atoms with Gasteiger partial charge in [-0.2, -0.15) is 13.2 Å². The van der Waals surface area contributed by atoms with Gasteiger partial charge in [0.15, 0.2) is 5.76 Å². The van der Waals surface area contributed by atoms with Gasteiger partial charge in [0, 0.05) is 38.4 Å². The molecule has 1 amide bonds. The van der Waals surface area contributed by atoms with Crippen molar-refractivity contribution in [2.75, 3.05) is 44.2 Å². The number of nitrogens with one attached hydrogen (secondary N) is 1. The van der Waals surface area contributed by atoms with Gasteiger partial charge in [0.1, 0.15) is 12.2 Å². The molecule has 0 bridgehead atoms. The van der Waals surface area contributed by atoms with Crippen molar-refractivity contribution < 1.29 is 37.3 Å². The van der Waals surface area contributed by atoms with Crippen LogP contribution in [0.25, 0.3) is 0 Å². The summed E-state index contributed by atoms with van der Waals surface area (Å²) in [6.07, 6.45) is -5.35. The van der Waals surface area contributed by atoms with Crippen LogP contribution in [0.4, 0.5) is 18.9 Å². The van der Waals surface area contributed by atoms with Gasteiger partial charge >= 0.3 is 6.18 Å². The van der Waals surface area contributed by atoms with Crippen molar-refractivity contribution in [3.05, 3.63) is 54.0 Å². The summed E-state index contributed by atoms with van der Waals surface area (Å²) in [5, 5.41) is 23.0.